The van der Waals surface area contributed by atoms with Crippen LogP contribution in [0.15, 0.2) is 22.7 Å². The largest absolute Gasteiger partial charge is 0.380 e. The number of nitrogens with one attached hydrogen (secondary N) is 1. The molecule has 1 N–H and O–H groups in total. The van der Waals surface area contributed by atoms with Gasteiger partial charge in [-0.1, -0.05) is 29.3 Å². The molecule has 15 heavy (non-hydrogen) atoms. The molecule has 0 heterocycles. The highest BCUT2D eigenvalue weighted by atomic mass is 79.9. The Balaban J connectivity index is 2.12. The van der Waals surface area contributed by atoms with Gasteiger partial charge < -0.3 is 5.32 Å². The van der Waals surface area contributed by atoms with Crippen molar-refractivity contribution in [2.45, 2.75) is 32.2 Å². The van der Waals surface area contributed by atoms with E-state index >= 15 is 0 Å². The van der Waals surface area contributed by atoms with Gasteiger partial charge in [0, 0.05) is 10.5 Å². The molecule has 2 unspecified atom stereocenters. The average Bonchev–Trinajstić information content (AvgIpc) is 2.58. The summed E-state index contributed by atoms with van der Waals surface area (Å²) >= 11 is 3.35. The van der Waals surface area contributed by atoms with Crippen molar-refractivity contribution in [1.82, 2.24) is 0 Å². The first kappa shape index (κ1) is 10.9. The van der Waals surface area contributed by atoms with E-state index in [2.05, 4.69) is 28.2 Å². The molecular formula is C12H15BrFN. The number of hydrogen-bond acceptors (Lipinski definition) is 1. The molecule has 1 fully saturated rings. The number of anilines is 1. The van der Waals surface area contributed by atoms with Crippen molar-refractivity contribution < 1.29 is 4.39 Å². The van der Waals surface area contributed by atoms with Gasteiger partial charge in [0.25, 0.3) is 0 Å². The summed E-state index contributed by atoms with van der Waals surface area (Å²) in [6.45, 7) is 2.22. The molecule has 0 amide bonds. The third kappa shape index (κ3) is 2.51. The summed E-state index contributed by atoms with van der Waals surface area (Å²) in [5.74, 6) is 0.473. The van der Waals surface area contributed by atoms with Crippen LogP contribution >= 0.6 is 15.9 Å². The predicted octanol–water partition coefficient (Wildman–Crippen LogP) is 4.19. The minimum atomic E-state index is -0.169. The van der Waals surface area contributed by atoms with Crippen LogP contribution in [0.1, 0.15) is 26.2 Å². The van der Waals surface area contributed by atoms with Crippen molar-refractivity contribution in [3.05, 3.63) is 28.5 Å². The second-order valence-corrected chi connectivity index (χ2v) is 5.20. The minimum absolute atomic E-state index is 0.169. The summed E-state index contributed by atoms with van der Waals surface area (Å²) in [5.41, 5.74) is 0.614. The first-order valence-corrected chi connectivity index (χ1v) is 6.17. The molecule has 2 atom stereocenters. The molecule has 82 valence electrons. The van der Waals surface area contributed by atoms with Crippen LogP contribution in [0.5, 0.6) is 0 Å². The highest BCUT2D eigenvalue weighted by Crippen LogP contribution is 2.29. The summed E-state index contributed by atoms with van der Waals surface area (Å²) in [4.78, 5) is 0. The molecular weight excluding hydrogens is 257 g/mol. The lowest BCUT2D eigenvalue weighted by Gasteiger charge is -2.19. The smallest absolute Gasteiger partial charge is 0.146 e. The third-order valence-electron chi connectivity index (χ3n) is 3.13. The molecule has 1 aromatic carbocycles. The number of halogens is 2. The van der Waals surface area contributed by atoms with Crippen LogP contribution in [0, 0.1) is 11.7 Å². The lowest BCUT2D eigenvalue weighted by molar-refractivity contribution is 0.549. The van der Waals surface area contributed by atoms with E-state index in [9.17, 15) is 4.39 Å². The second-order valence-electron chi connectivity index (χ2n) is 4.28. The maximum absolute atomic E-state index is 13.5. The van der Waals surface area contributed by atoms with E-state index in [4.69, 9.17) is 0 Å². The van der Waals surface area contributed by atoms with Gasteiger partial charge in [0.2, 0.25) is 0 Å². The maximum atomic E-state index is 13.5. The van der Waals surface area contributed by atoms with Crippen LogP contribution in [0.3, 0.4) is 0 Å². The van der Waals surface area contributed by atoms with Crippen LogP contribution in [0.25, 0.3) is 0 Å². The summed E-state index contributed by atoms with van der Waals surface area (Å²) in [7, 11) is 0. The highest BCUT2D eigenvalue weighted by Gasteiger charge is 2.23. The molecule has 1 aromatic rings. The second kappa shape index (κ2) is 4.52. The molecule has 0 aliphatic heterocycles. The average molecular weight is 272 g/mol. The van der Waals surface area contributed by atoms with Crippen molar-refractivity contribution in [3.8, 4) is 0 Å². The molecule has 0 saturated heterocycles. The van der Waals surface area contributed by atoms with Crippen LogP contribution in [-0.2, 0) is 0 Å². The Bertz CT molecular complexity index is 353. The normalized spacial score (nSPS) is 25.5. The lowest BCUT2D eigenvalue weighted by atomic mass is 10.1. The third-order valence-corrected chi connectivity index (χ3v) is 3.62. The molecule has 0 spiro atoms. The standard InChI is InChI=1S/C12H15BrFN/c1-8-3-2-4-11(8)15-12-7-9(13)5-6-10(12)14/h5-8,11,15H,2-4H2,1H3. The molecule has 2 rings (SSSR count). The molecule has 0 aromatic heterocycles. The van der Waals surface area contributed by atoms with Crippen molar-refractivity contribution in [3.63, 3.8) is 0 Å². The van der Waals surface area contributed by atoms with E-state index in [1.54, 1.807) is 12.1 Å². The lowest BCUT2D eigenvalue weighted by Crippen LogP contribution is -2.22. The van der Waals surface area contributed by atoms with Crippen LogP contribution in [0.2, 0.25) is 0 Å². The Labute approximate surface area is 98.2 Å². The number of hydrogen-bond donors (Lipinski definition) is 1. The van der Waals surface area contributed by atoms with Crippen LogP contribution in [0.4, 0.5) is 10.1 Å². The topological polar surface area (TPSA) is 12.0 Å². The van der Waals surface area contributed by atoms with E-state index < -0.39 is 0 Å². The van der Waals surface area contributed by atoms with E-state index in [-0.39, 0.29) is 5.82 Å². The van der Waals surface area contributed by atoms with Gasteiger partial charge in [0.1, 0.15) is 5.82 Å². The predicted molar refractivity (Wildman–Crippen MR) is 64.5 cm³/mol. The van der Waals surface area contributed by atoms with Gasteiger partial charge in [0.15, 0.2) is 0 Å². The maximum Gasteiger partial charge on any atom is 0.146 e. The van der Waals surface area contributed by atoms with Gasteiger partial charge in [-0.15, -0.1) is 0 Å². The van der Waals surface area contributed by atoms with Gasteiger partial charge in [-0.05, 0) is 37.0 Å². The van der Waals surface area contributed by atoms with Gasteiger partial charge in [0.05, 0.1) is 5.69 Å². The molecule has 0 bridgehead atoms. The van der Waals surface area contributed by atoms with Gasteiger partial charge in [-0.3, -0.25) is 0 Å². The molecule has 3 heteroatoms. The Morgan fingerprint density at radius 1 is 1.40 bits per heavy atom. The summed E-state index contributed by atoms with van der Waals surface area (Å²) < 4.78 is 14.4. The summed E-state index contributed by atoms with van der Waals surface area (Å²) in [6.07, 6.45) is 3.63. The fourth-order valence-electron chi connectivity index (χ4n) is 2.17. The molecule has 1 aliphatic carbocycles. The van der Waals surface area contributed by atoms with Crippen LogP contribution in [-0.4, -0.2) is 6.04 Å². The Kier molecular flexibility index (Phi) is 3.29. The van der Waals surface area contributed by atoms with E-state index in [0.717, 1.165) is 10.9 Å². The number of benzene rings is 1. The van der Waals surface area contributed by atoms with Crippen LogP contribution < -0.4 is 5.32 Å². The van der Waals surface area contributed by atoms with E-state index in [1.165, 1.54) is 18.9 Å². The van der Waals surface area contributed by atoms with Crippen molar-refractivity contribution >= 4 is 21.6 Å². The monoisotopic (exact) mass is 271 g/mol. The van der Waals surface area contributed by atoms with E-state index in [0.29, 0.717) is 17.6 Å². The van der Waals surface area contributed by atoms with E-state index in [1.807, 2.05) is 0 Å². The van der Waals surface area contributed by atoms with Gasteiger partial charge in [-0.25, -0.2) is 4.39 Å². The van der Waals surface area contributed by atoms with Gasteiger partial charge in [-0.2, -0.15) is 0 Å². The summed E-state index contributed by atoms with van der Waals surface area (Å²) in [6, 6.07) is 5.44. The first-order valence-electron chi connectivity index (χ1n) is 5.38. The minimum Gasteiger partial charge on any atom is -0.380 e. The fraction of sp³-hybridized carbons (Fsp3) is 0.500. The fourth-order valence-corrected chi connectivity index (χ4v) is 2.53. The van der Waals surface area contributed by atoms with Crippen molar-refractivity contribution in [2.24, 2.45) is 5.92 Å². The van der Waals surface area contributed by atoms with Gasteiger partial charge >= 0.3 is 0 Å². The molecule has 0 radical (unpaired) electrons. The number of rotatable bonds is 2. The van der Waals surface area contributed by atoms with Crippen molar-refractivity contribution in [1.29, 1.82) is 0 Å². The molecule has 1 nitrogen and oxygen atoms in total. The quantitative estimate of drug-likeness (QED) is 0.851. The zero-order valence-electron chi connectivity index (χ0n) is 8.76. The Hall–Kier alpha value is -0.570. The zero-order chi connectivity index (χ0) is 10.8. The molecule has 1 aliphatic rings. The molecule has 1 saturated carbocycles. The first-order chi connectivity index (χ1) is 7.16. The zero-order valence-corrected chi connectivity index (χ0v) is 10.3. The summed E-state index contributed by atoms with van der Waals surface area (Å²) in [5, 5.41) is 3.29. The van der Waals surface area contributed by atoms with Crippen molar-refractivity contribution in [2.75, 3.05) is 5.32 Å². The Morgan fingerprint density at radius 2 is 2.20 bits per heavy atom. The highest BCUT2D eigenvalue weighted by molar-refractivity contribution is 9.10. The SMILES string of the molecule is CC1CCCC1Nc1cc(Br)ccc1F. The Morgan fingerprint density at radius 3 is 2.87 bits per heavy atom.